The molecule has 0 N–H and O–H groups in total. The van der Waals surface area contributed by atoms with E-state index in [0.29, 0.717) is 0 Å². The molecule has 0 atom stereocenters. The molecule has 2 nitrogen and oxygen atoms in total. The fourth-order valence-electron chi connectivity index (χ4n) is 2.37. The van der Waals surface area contributed by atoms with Crippen LogP contribution in [0.2, 0.25) is 0 Å². The third kappa shape index (κ3) is 1.87. The van der Waals surface area contributed by atoms with Crippen LogP contribution in [-0.2, 0) is 5.41 Å². The standard InChI is InChI=1S/C13H16N2/c1-11-4-6-13(10-14,7-5-11)12-3-2-8-15-9-12/h2-3,8-9,11H,4-7H2,1H3. The molecule has 1 saturated carbocycles. The number of nitriles is 1. The second kappa shape index (κ2) is 4.02. The van der Waals surface area contributed by atoms with Gasteiger partial charge in [-0.15, -0.1) is 0 Å². The Morgan fingerprint density at radius 1 is 1.47 bits per heavy atom. The van der Waals surface area contributed by atoms with Crippen LogP contribution in [0.4, 0.5) is 0 Å². The minimum absolute atomic E-state index is 0.263. The van der Waals surface area contributed by atoms with Gasteiger partial charge < -0.3 is 0 Å². The van der Waals surface area contributed by atoms with Gasteiger partial charge >= 0.3 is 0 Å². The predicted molar refractivity (Wildman–Crippen MR) is 59.2 cm³/mol. The van der Waals surface area contributed by atoms with E-state index >= 15 is 0 Å². The van der Waals surface area contributed by atoms with Gasteiger partial charge in [0.05, 0.1) is 11.5 Å². The molecular weight excluding hydrogens is 184 g/mol. The quantitative estimate of drug-likeness (QED) is 0.698. The van der Waals surface area contributed by atoms with Gasteiger partial charge in [-0.3, -0.25) is 4.98 Å². The van der Waals surface area contributed by atoms with Crippen molar-refractivity contribution in [3.8, 4) is 6.07 Å². The van der Waals surface area contributed by atoms with Crippen LogP contribution < -0.4 is 0 Å². The van der Waals surface area contributed by atoms with E-state index in [1.807, 2.05) is 18.3 Å². The third-order valence-corrected chi connectivity index (χ3v) is 3.56. The maximum Gasteiger partial charge on any atom is 0.0837 e. The largest absolute Gasteiger partial charge is 0.264 e. The van der Waals surface area contributed by atoms with Crippen LogP contribution in [0.15, 0.2) is 24.5 Å². The Kier molecular flexibility index (Phi) is 2.73. The Morgan fingerprint density at radius 3 is 2.73 bits per heavy atom. The Balaban J connectivity index is 2.28. The lowest BCUT2D eigenvalue weighted by molar-refractivity contribution is 0.294. The molecule has 0 aromatic carbocycles. The fourth-order valence-corrected chi connectivity index (χ4v) is 2.37. The molecule has 0 aliphatic heterocycles. The summed E-state index contributed by atoms with van der Waals surface area (Å²) in [5.41, 5.74) is 0.834. The zero-order valence-electron chi connectivity index (χ0n) is 9.11. The monoisotopic (exact) mass is 200 g/mol. The number of hydrogen-bond donors (Lipinski definition) is 0. The van der Waals surface area contributed by atoms with Crippen molar-refractivity contribution >= 4 is 0 Å². The lowest BCUT2D eigenvalue weighted by atomic mass is 9.68. The van der Waals surface area contributed by atoms with Crippen molar-refractivity contribution in [3.05, 3.63) is 30.1 Å². The van der Waals surface area contributed by atoms with Crippen molar-refractivity contribution in [1.82, 2.24) is 4.98 Å². The van der Waals surface area contributed by atoms with E-state index in [0.717, 1.165) is 37.2 Å². The van der Waals surface area contributed by atoms with Gasteiger partial charge in [0.15, 0.2) is 0 Å². The SMILES string of the molecule is CC1CCC(C#N)(c2cccnc2)CC1. The topological polar surface area (TPSA) is 36.7 Å². The molecule has 1 aromatic heterocycles. The van der Waals surface area contributed by atoms with E-state index in [1.54, 1.807) is 6.20 Å². The van der Waals surface area contributed by atoms with E-state index < -0.39 is 0 Å². The highest BCUT2D eigenvalue weighted by molar-refractivity contribution is 5.30. The zero-order valence-corrected chi connectivity index (χ0v) is 9.11. The lowest BCUT2D eigenvalue weighted by Crippen LogP contribution is -2.29. The smallest absolute Gasteiger partial charge is 0.0837 e. The Labute approximate surface area is 91.0 Å². The molecule has 2 rings (SSSR count). The summed E-state index contributed by atoms with van der Waals surface area (Å²) in [6, 6.07) is 6.47. The molecule has 78 valence electrons. The van der Waals surface area contributed by atoms with Crippen LogP contribution >= 0.6 is 0 Å². The predicted octanol–water partition coefficient (Wildman–Crippen LogP) is 3.05. The number of aromatic nitrogens is 1. The van der Waals surface area contributed by atoms with Crippen molar-refractivity contribution in [1.29, 1.82) is 5.26 Å². The fraction of sp³-hybridized carbons (Fsp3) is 0.538. The molecule has 15 heavy (non-hydrogen) atoms. The van der Waals surface area contributed by atoms with Gasteiger partial charge in [0.2, 0.25) is 0 Å². The molecule has 0 unspecified atom stereocenters. The molecular formula is C13H16N2. The van der Waals surface area contributed by atoms with Crippen molar-refractivity contribution in [2.75, 3.05) is 0 Å². The Bertz CT molecular complexity index is 356. The first-order valence-electron chi connectivity index (χ1n) is 5.58. The highest BCUT2D eigenvalue weighted by Crippen LogP contribution is 2.40. The number of hydrogen-bond acceptors (Lipinski definition) is 2. The number of pyridine rings is 1. The summed E-state index contributed by atoms with van der Waals surface area (Å²) in [6.07, 6.45) is 7.89. The van der Waals surface area contributed by atoms with Crippen molar-refractivity contribution < 1.29 is 0 Å². The molecule has 0 amide bonds. The summed E-state index contributed by atoms with van der Waals surface area (Å²) < 4.78 is 0. The van der Waals surface area contributed by atoms with Crippen LogP contribution in [0.25, 0.3) is 0 Å². The highest BCUT2D eigenvalue weighted by atomic mass is 14.6. The molecule has 0 saturated heterocycles. The minimum atomic E-state index is -0.263. The molecule has 0 spiro atoms. The van der Waals surface area contributed by atoms with Gasteiger partial charge in [-0.05, 0) is 43.2 Å². The molecule has 1 aromatic rings. The second-order valence-corrected chi connectivity index (χ2v) is 4.62. The molecule has 1 fully saturated rings. The maximum atomic E-state index is 9.40. The molecule has 1 aliphatic rings. The average Bonchev–Trinajstić information content (AvgIpc) is 2.32. The molecule has 0 radical (unpaired) electrons. The van der Waals surface area contributed by atoms with E-state index in [1.165, 1.54) is 0 Å². The van der Waals surface area contributed by atoms with Gasteiger partial charge in [0, 0.05) is 12.4 Å². The summed E-state index contributed by atoms with van der Waals surface area (Å²) >= 11 is 0. The normalized spacial score (nSPS) is 30.8. The molecule has 2 heteroatoms. The van der Waals surface area contributed by atoms with Crippen LogP contribution in [0.3, 0.4) is 0 Å². The van der Waals surface area contributed by atoms with Gasteiger partial charge in [-0.25, -0.2) is 0 Å². The summed E-state index contributed by atoms with van der Waals surface area (Å²) in [6.45, 7) is 2.27. The summed E-state index contributed by atoms with van der Waals surface area (Å²) in [5, 5.41) is 9.40. The van der Waals surface area contributed by atoms with Crippen molar-refractivity contribution in [3.63, 3.8) is 0 Å². The first kappa shape index (κ1) is 10.2. The average molecular weight is 200 g/mol. The first-order chi connectivity index (χ1) is 7.27. The molecule has 0 bridgehead atoms. The van der Waals surface area contributed by atoms with Crippen LogP contribution in [0.1, 0.15) is 38.2 Å². The van der Waals surface area contributed by atoms with E-state index in [-0.39, 0.29) is 5.41 Å². The minimum Gasteiger partial charge on any atom is -0.264 e. The second-order valence-electron chi connectivity index (χ2n) is 4.62. The van der Waals surface area contributed by atoms with E-state index in [2.05, 4.69) is 18.0 Å². The van der Waals surface area contributed by atoms with Gasteiger partial charge in [0.1, 0.15) is 0 Å². The van der Waals surface area contributed by atoms with Crippen LogP contribution in [0, 0.1) is 17.2 Å². The summed E-state index contributed by atoms with van der Waals surface area (Å²) in [7, 11) is 0. The molecule has 1 aliphatic carbocycles. The maximum absolute atomic E-state index is 9.40. The Hall–Kier alpha value is -1.36. The van der Waals surface area contributed by atoms with Crippen molar-refractivity contribution in [2.45, 2.75) is 38.0 Å². The zero-order chi connectivity index (χ0) is 10.7. The highest BCUT2D eigenvalue weighted by Gasteiger charge is 2.35. The summed E-state index contributed by atoms with van der Waals surface area (Å²) in [4.78, 5) is 4.12. The van der Waals surface area contributed by atoms with Crippen LogP contribution in [0.5, 0.6) is 0 Å². The van der Waals surface area contributed by atoms with Gasteiger partial charge in [-0.2, -0.15) is 5.26 Å². The van der Waals surface area contributed by atoms with Crippen molar-refractivity contribution in [2.24, 2.45) is 5.92 Å². The van der Waals surface area contributed by atoms with E-state index in [4.69, 9.17) is 0 Å². The first-order valence-corrected chi connectivity index (χ1v) is 5.58. The van der Waals surface area contributed by atoms with Gasteiger partial charge in [0.25, 0.3) is 0 Å². The number of rotatable bonds is 1. The lowest BCUT2D eigenvalue weighted by Gasteiger charge is -2.33. The summed E-state index contributed by atoms with van der Waals surface area (Å²) in [5.74, 6) is 0.767. The van der Waals surface area contributed by atoms with E-state index in [9.17, 15) is 5.26 Å². The molecule has 1 heterocycles. The Morgan fingerprint density at radius 2 is 2.20 bits per heavy atom. The van der Waals surface area contributed by atoms with Crippen LogP contribution in [-0.4, -0.2) is 4.98 Å². The third-order valence-electron chi connectivity index (χ3n) is 3.56. The number of nitrogens with zero attached hydrogens (tertiary/aromatic N) is 2. The van der Waals surface area contributed by atoms with Gasteiger partial charge in [-0.1, -0.05) is 13.0 Å².